The number of halogens is 2. The summed E-state index contributed by atoms with van der Waals surface area (Å²) in [5, 5.41) is 0. The van der Waals surface area contributed by atoms with Crippen molar-refractivity contribution < 1.29 is 24.0 Å². The first-order chi connectivity index (χ1) is 9.25. The summed E-state index contributed by atoms with van der Waals surface area (Å²) in [7, 11) is 0. The zero-order chi connectivity index (χ0) is 15.7. The van der Waals surface area contributed by atoms with Gasteiger partial charge in [0.25, 0.3) is 0 Å². The van der Waals surface area contributed by atoms with Gasteiger partial charge in [-0.15, -0.1) is 0 Å². The maximum Gasteiger partial charge on any atom is 0.318 e. The number of nitrogens with one attached hydrogen (secondary N) is 1. The number of rotatable bonds is 9. The van der Waals surface area contributed by atoms with Crippen LogP contribution in [-0.4, -0.2) is 52.1 Å². The van der Waals surface area contributed by atoms with Gasteiger partial charge in [-0.1, -0.05) is 45.2 Å². The lowest BCUT2D eigenvalue weighted by atomic mass is 10.3. The summed E-state index contributed by atoms with van der Waals surface area (Å²) in [5.41, 5.74) is 0. The number of hydrogen-bond donors (Lipinski definition) is 1. The number of hydrogen-bond acceptors (Lipinski definition) is 4. The Hall–Kier alpha value is 0.360. The Balaban J connectivity index is 4.00. The number of carbonyl (C=O) groups is 2. The third-order valence-corrected chi connectivity index (χ3v) is 3.82. The number of ether oxygens (including phenoxy) is 2. The van der Waals surface area contributed by atoms with Gasteiger partial charge in [0, 0.05) is 0 Å². The smallest absolute Gasteiger partial charge is 0.318 e. The predicted molar refractivity (Wildman–Crippen MR) is 94.7 cm³/mol. The van der Waals surface area contributed by atoms with E-state index in [9.17, 15) is 9.59 Å². The molecule has 0 amide bonds. The van der Waals surface area contributed by atoms with Crippen molar-refractivity contribution in [1.82, 2.24) is 0 Å². The Morgan fingerprint density at radius 2 is 1.25 bits per heavy atom. The average Bonchev–Trinajstić information content (AvgIpc) is 2.35. The maximum atomic E-state index is 11.4. The summed E-state index contributed by atoms with van der Waals surface area (Å²) in [6, 6.07) is 0.390. The normalized spacial score (nSPS) is 15.6. The molecule has 0 aliphatic carbocycles. The molecule has 0 aliphatic heterocycles. The molecule has 2 atom stereocenters. The van der Waals surface area contributed by atoms with Crippen LogP contribution in [0.4, 0.5) is 0 Å². The van der Waals surface area contributed by atoms with Crippen molar-refractivity contribution >= 4 is 57.1 Å². The molecule has 0 aliphatic rings. The van der Waals surface area contributed by atoms with Crippen LogP contribution in [0.5, 0.6) is 0 Å². The second kappa shape index (κ2) is 11.0. The Labute approximate surface area is 148 Å². The molecule has 0 saturated heterocycles. The highest BCUT2D eigenvalue weighted by atomic mass is 127. The molecule has 0 rings (SSSR count). The first kappa shape index (κ1) is 20.4. The van der Waals surface area contributed by atoms with E-state index in [0.29, 0.717) is 19.3 Å². The molecule has 0 fully saturated rings. The third-order valence-electron chi connectivity index (χ3n) is 2.80. The molecule has 0 bridgehead atoms. The lowest BCUT2D eigenvalue weighted by Crippen LogP contribution is -3.16. The minimum atomic E-state index is -0.182. The Morgan fingerprint density at radius 1 is 0.900 bits per heavy atom. The van der Waals surface area contributed by atoms with Crippen molar-refractivity contribution in [1.29, 1.82) is 0 Å². The van der Waals surface area contributed by atoms with Gasteiger partial charge in [0.05, 0.1) is 6.04 Å². The van der Waals surface area contributed by atoms with Crippen LogP contribution in [0.2, 0.25) is 0 Å². The van der Waals surface area contributed by atoms with Crippen LogP contribution < -0.4 is 4.90 Å². The lowest BCUT2D eigenvalue weighted by Gasteiger charge is -2.23. The molecule has 118 valence electrons. The van der Waals surface area contributed by atoms with Crippen LogP contribution in [0, 0.1) is 0 Å². The van der Waals surface area contributed by atoms with E-state index in [-0.39, 0.29) is 19.8 Å². The summed E-state index contributed by atoms with van der Waals surface area (Å²) in [4.78, 5) is 24.0. The molecule has 0 aromatic heterocycles. The lowest BCUT2D eigenvalue weighted by molar-refractivity contribution is -0.921. The second-order valence-electron chi connectivity index (χ2n) is 4.88. The van der Waals surface area contributed by atoms with Crippen molar-refractivity contribution in [2.45, 2.75) is 41.6 Å². The molecule has 0 radical (unpaired) electrons. The maximum absolute atomic E-state index is 11.4. The third kappa shape index (κ3) is 9.32. The molecule has 0 heterocycles. The number of alkyl halides is 2. The Bertz CT molecular complexity index is 283. The second-order valence-corrected chi connectivity index (χ2v) is 8.62. The van der Waals surface area contributed by atoms with E-state index >= 15 is 0 Å². The van der Waals surface area contributed by atoms with Crippen molar-refractivity contribution in [3.05, 3.63) is 0 Å². The summed E-state index contributed by atoms with van der Waals surface area (Å²) >= 11 is 4.07. The van der Waals surface area contributed by atoms with Crippen LogP contribution in [0.3, 0.4) is 0 Å². The van der Waals surface area contributed by atoms with Crippen LogP contribution in [0.1, 0.15) is 27.7 Å². The van der Waals surface area contributed by atoms with Crippen LogP contribution in [0.25, 0.3) is 0 Å². The fraction of sp³-hybridized carbons (Fsp3) is 0.846. The molecule has 0 aromatic carbocycles. The van der Waals surface area contributed by atoms with E-state index in [1.807, 2.05) is 45.2 Å². The van der Waals surface area contributed by atoms with Crippen molar-refractivity contribution in [3.8, 4) is 0 Å². The summed E-state index contributed by atoms with van der Waals surface area (Å²) in [5.74, 6) is -0.363. The molecule has 7 heteroatoms. The number of esters is 2. The molecule has 0 saturated carbocycles. The molecule has 20 heavy (non-hydrogen) atoms. The molecule has 1 N–H and O–H groups in total. The fourth-order valence-corrected chi connectivity index (χ4v) is 1.86. The van der Waals surface area contributed by atoms with Gasteiger partial charge < -0.3 is 14.4 Å². The summed E-state index contributed by atoms with van der Waals surface area (Å²) in [6.07, 6.45) is 0. The van der Waals surface area contributed by atoms with Gasteiger partial charge in [-0.25, -0.2) is 0 Å². The first-order valence-corrected chi connectivity index (χ1v) is 9.20. The highest BCUT2D eigenvalue weighted by Gasteiger charge is 2.17. The summed E-state index contributed by atoms with van der Waals surface area (Å²) in [6.45, 7) is 10.1. The van der Waals surface area contributed by atoms with Gasteiger partial charge in [-0.05, 0) is 27.7 Å². The highest BCUT2D eigenvalue weighted by molar-refractivity contribution is 14.1. The van der Waals surface area contributed by atoms with Gasteiger partial charge >= 0.3 is 11.9 Å². The molecular weight excluding hydrogens is 488 g/mol. The van der Waals surface area contributed by atoms with E-state index in [1.165, 1.54) is 4.90 Å². The molecule has 0 aromatic rings. The molecule has 2 unspecified atom stereocenters. The minimum absolute atomic E-state index is 0.124. The Morgan fingerprint density at radius 3 is 1.50 bits per heavy atom. The predicted octanol–water partition coefficient (Wildman–Crippen LogP) is 1.01. The van der Waals surface area contributed by atoms with Crippen molar-refractivity contribution in [2.24, 2.45) is 0 Å². The van der Waals surface area contributed by atoms with Gasteiger partial charge in [-0.2, -0.15) is 0 Å². The SMILES string of the molecule is CC(I)C(=O)OCC[NH+](CCOC(=O)C(C)I)C(C)C. The van der Waals surface area contributed by atoms with E-state index in [0.717, 1.165) is 13.1 Å². The average molecular weight is 512 g/mol. The first-order valence-electron chi connectivity index (χ1n) is 6.71. The molecule has 5 nitrogen and oxygen atoms in total. The number of carbonyl (C=O) groups excluding carboxylic acids is 2. The van der Waals surface area contributed by atoms with E-state index < -0.39 is 0 Å². The van der Waals surface area contributed by atoms with Gasteiger partial charge in [0.1, 0.15) is 34.2 Å². The van der Waals surface area contributed by atoms with E-state index in [2.05, 4.69) is 13.8 Å². The van der Waals surface area contributed by atoms with Crippen LogP contribution in [-0.2, 0) is 19.1 Å². The standard InChI is InChI=1S/C13H23I2NO4/c1-9(2)16(5-7-19-12(17)10(3)14)6-8-20-13(18)11(4)15/h9-11H,5-8H2,1-4H3/p+1. The van der Waals surface area contributed by atoms with Crippen LogP contribution in [0.15, 0.2) is 0 Å². The number of quaternary nitrogens is 1. The fourth-order valence-electron chi connectivity index (χ4n) is 1.50. The monoisotopic (exact) mass is 512 g/mol. The zero-order valence-electron chi connectivity index (χ0n) is 12.4. The molecular formula is C13H24I2NO4+. The summed E-state index contributed by atoms with van der Waals surface area (Å²) < 4.78 is 10.1. The minimum Gasteiger partial charge on any atom is -0.459 e. The highest BCUT2D eigenvalue weighted by Crippen LogP contribution is 2.00. The largest absolute Gasteiger partial charge is 0.459 e. The molecule has 0 spiro atoms. The van der Waals surface area contributed by atoms with Gasteiger partial charge in [-0.3, -0.25) is 9.59 Å². The van der Waals surface area contributed by atoms with Gasteiger partial charge in [0.15, 0.2) is 0 Å². The van der Waals surface area contributed by atoms with Crippen LogP contribution >= 0.6 is 45.2 Å². The van der Waals surface area contributed by atoms with E-state index in [1.54, 1.807) is 13.8 Å². The Kier molecular flexibility index (Phi) is 11.2. The quantitative estimate of drug-likeness (QED) is 0.285. The van der Waals surface area contributed by atoms with E-state index in [4.69, 9.17) is 9.47 Å². The topological polar surface area (TPSA) is 57.0 Å². The zero-order valence-corrected chi connectivity index (χ0v) is 16.8. The van der Waals surface area contributed by atoms with Crippen molar-refractivity contribution in [3.63, 3.8) is 0 Å². The van der Waals surface area contributed by atoms with Gasteiger partial charge in [0.2, 0.25) is 0 Å². The van der Waals surface area contributed by atoms with Crippen molar-refractivity contribution in [2.75, 3.05) is 26.3 Å².